The van der Waals surface area contributed by atoms with Gasteiger partial charge in [-0.25, -0.2) is 9.36 Å². The zero-order chi connectivity index (χ0) is 19.8. The summed E-state index contributed by atoms with van der Waals surface area (Å²) in [4.78, 5) is 13.9. The van der Waals surface area contributed by atoms with Crippen LogP contribution in [0.5, 0.6) is 5.75 Å². The summed E-state index contributed by atoms with van der Waals surface area (Å²) in [6, 6.07) is 14.5. The van der Waals surface area contributed by atoms with Gasteiger partial charge in [-0.3, -0.25) is 0 Å². The zero-order valence-electron chi connectivity index (χ0n) is 16.9. The normalized spacial score (nSPS) is 18.3. The summed E-state index contributed by atoms with van der Waals surface area (Å²) in [6.45, 7) is 8.13. The Labute approximate surface area is 166 Å². The molecule has 1 saturated heterocycles. The van der Waals surface area contributed by atoms with E-state index in [1.165, 1.54) is 5.56 Å². The Morgan fingerprint density at radius 3 is 2.36 bits per heavy atom. The van der Waals surface area contributed by atoms with Gasteiger partial charge in [0.05, 0.1) is 0 Å². The molecular weight excluding hydrogens is 352 g/mol. The lowest BCUT2D eigenvalue weighted by Gasteiger charge is -2.58. The van der Waals surface area contributed by atoms with Crippen molar-refractivity contribution in [1.29, 1.82) is 0 Å². The molecule has 148 valence electrons. The Balaban J connectivity index is 1.22. The first kappa shape index (κ1) is 18.8. The van der Waals surface area contributed by atoms with Crippen LogP contribution < -0.4 is 9.30 Å². The first-order valence-corrected chi connectivity index (χ1v) is 9.98. The van der Waals surface area contributed by atoms with Gasteiger partial charge in [-0.15, -0.1) is 0 Å². The van der Waals surface area contributed by atoms with Gasteiger partial charge in [0.25, 0.3) is 0 Å². The molecule has 2 fully saturated rings. The molecule has 1 aromatic carbocycles. The molecule has 4 rings (SSSR count). The zero-order valence-corrected chi connectivity index (χ0v) is 16.9. The monoisotopic (exact) mass is 381 g/mol. The highest BCUT2D eigenvalue weighted by atomic mass is 16.6. The third kappa shape index (κ3) is 4.29. The number of benzene rings is 1. The SMILES string of the molecule is CC(C)(C)OC(=O)N1CC2(CC(Oc3cc[n+](Cc4ccccc4)cc3)C2)C1. The van der Waals surface area contributed by atoms with Gasteiger partial charge in [-0.1, -0.05) is 30.3 Å². The molecule has 1 amide bonds. The molecule has 0 N–H and O–H groups in total. The molecule has 2 aliphatic rings. The lowest BCUT2D eigenvalue weighted by Crippen LogP contribution is -2.66. The summed E-state index contributed by atoms with van der Waals surface area (Å²) in [6.07, 6.45) is 6.17. The fourth-order valence-corrected chi connectivity index (χ4v) is 4.08. The van der Waals surface area contributed by atoms with E-state index in [0.29, 0.717) is 0 Å². The lowest BCUT2D eigenvalue weighted by molar-refractivity contribution is -0.688. The van der Waals surface area contributed by atoms with E-state index in [1.807, 2.05) is 39.0 Å². The Kier molecular flexibility index (Phi) is 4.77. The number of amides is 1. The topological polar surface area (TPSA) is 42.6 Å². The molecule has 0 bridgehead atoms. The highest BCUT2D eigenvalue weighted by Crippen LogP contribution is 2.49. The van der Waals surface area contributed by atoms with Crippen LogP contribution in [-0.4, -0.2) is 35.8 Å². The third-order valence-electron chi connectivity index (χ3n) is 5.40. The molecule has 1 aliphatic carbocycles. The van der Waals surface area contributed by atoms with Crippen molar-refractivity contribution in [2.75, 3.05) is 13.1 Å². The van der Waals surface area contributed by atoms with E-state index in [0.717, 1.165) is 38.2 Å². The van der Waals surface area contributed by atoms with E-state index in [-0.39, 0.29) is 17.6 Å². The maximum absolute atomic E-state index is 12.1. The molecular formula is C23H29N2O3+. The molecule has 2 aromatic rings. The van der Waals surface area contributed by atoms with E-state index >= 15 is 0 Å². The number of aromatic nitrogens is 1. The van der Waals surface area contributed by atoms with Crippen LogP contribution >= 0.6 is 0 Å². The number of hydrogen-bond donors (Lipinski definition) is 0. The van der Waals surface area contributed by atoms with Crippen molar-refractivity contribution in [3.63, 3.8) is 0 Å². The fraction of sp³-hybridized carbons (Fsp3) is 0.478. The quantitative estimate of drug-likeness (QED) is 0.757. The molecule has 1 aromatic heterocycles. The minimum absolute atomic E-state index is 0.200. The third-order valence-corrected chi connectivity index (χ3v) is 5.40. The first-order chi connectivity index (χ1) is 13.3. The fourth-order valence-electron chi connectivity index (χ4n) is 4.08. The molecule has 1 saturated carbocycles. The standard InChI is InChI=1S/C23H29N2O3/c1-22(2,3)28-21(26)25-16-23(17-25)13-20(14-23)27-19-9-11-24(12-10-19)15-18-7-5-4-6-8-18/h4-12,20H,13-17H2,1-3H3/q+1. The van der Waals surface area contributed by atoms with E-state index < -0.39 is 5.60 Å². The number of carbonyl (C=O) groups excluding carboxylic acids is 1. The van der Waals surface area contributed by atoms with E-state index in [4.69, 9.17) is 9.47 Å². The van der Waals surface area contributed by atoms with Crippen LogP contribution in [0, 0.1) is 5.41 Å². The minimum Gasteiger partial charge on any atom is -0.490 e. The molecule has 1 aliphatic heterocycles. The van der Waals surface area contributed by atoms with Gasteiger partial charge in [0.2, 0.25) is 0 Å². The van der Waals surface area contributed by atoms with Crippen molar-refractivity contribution in [2.45, 2.75) is 51.9 Å². The van der Waals surface area contributed by atoms with E-state index in [2.05, 4.69) is 41.2 Å². The number of hydrogen-bond acceptors (Lipinski definition) is 3. The van der Waals surface area contributed by atoms with Crippen LogP contribution in [0.1, 0.15) is 39.2 Å². The molecule has 5 heteroatoms. The van der Waals surface area contributed by atoms with Crippen LogP contribution in [0.3, 0.4) is 0 Å². The number of nitrogens with zero attached hydrogens (tertiary/aromatic N) is 2. The van der Waals surface area contributed by atoms with Crippen molar-refractivity contribution in [2.24, 2.45) is 5.41 Å². The van der Waals surface area contributed by atoms with Crippen molar-refractivity contribution >= 4 is 6.09 Å². The Morgan fingerprint density at radius 1 is 1.11 bits per heavy atom. The molecule has 0 radical (unpaired) electrons. The summed E-state index contributed by atoms with van der Waals surface area (Å²) in [7, 11) is 0. The second-order valence-electron chi connectivity index (χ2n) is 9.18. The minimum atomic E-state index is -0.435. The van der Waals surface area contributed by atoms with Crippen LogP contribution in [0.2, 0.25) is 0 Å². The molecule has 0 unspecified atom stereocenters. The average Bonchev–Trinajstić information content (AvgIpc) is 2.56. The number of ether oxygens (including phenoxy) is 2. The predicted molar refractivity (Wildman–Crippen MR) is 106 cm³/mol. The number of carbonyl (C=O) groups is 1. The highest BCUT2D eigenvalue weighted by molar-refractivity contribution is 5.69. The molecule has 0 atom stereocenters. The Hall–Kier alpha value is -2.56. The average molecular weight is 381 g/mol. The van der Waals surface area contributed by atoms with E-state index in [1.54, 1.807) is 4.90 Å². The maximum Gasteiger partial charge on any atom is 0.410 e. The number of pyridine rings is 1. The van der Waals surface area contributed by atoms with Crippen molar-refractivity contribution in [1.82, 2.24) is 4.90 Å². The summed E-state index contributed by atoms with van der Waals surface area (Å²) in [5.74, 6) is 0.910. The lowest BCUT2D eigenvalue weighted by atomic mass is 9.62. The van der Waals surface area contributed by atoms with Crippen LogP contribution in [-0.2, 0) is 11.3 Å². The van der Waals surface area contributed by atoms with Crippen molar-refractivity contribution in [3.8, 4) is 5.75 Å². The predicted octanol–water partition coefficient (Wildman–Crippen LogP) is 3.80. The van der Waals surface area contributed by atoms with Gasteiger partial charge >= 0.3 is 6.09 Å². The molecule has 1 spiro atoms. The largest absolute Gasteiger partial charge is 0.490 e. The second kappa shape index (κ2) is 7.12. The molecule has 28 heavy (non-hydrogen) atoms. The van der Waals surface area contributed by atoms with Crippen molar-refractivity contribution in [3.05, 3.63) is 60.4 Å². The summed E-state index contributed by atoms with van der Waals surface area (Å²) >= 11 is 0. The van der Waals surface area contributed by atoms with Gasteiger partial charge in [0.15, 0.2) is 18.9 Å². The van der Waals surface area contributed by atoms with Gasteiger partial charge in [0, 0.05) is 36.2 Å². The smallest absolute Gasteiger partial charge is 0.410 e. The van der Waals surface area contributed by atoms with Crippen molar-refractivity contribution < 1.29 is 18.8 Å². The summed E-state index contributed by atoms with van der Waals surface area (Å²) in [5.41, 5.74) is 1.08. The highest BCUT2D eigenvalue weighted by Gasteiger charge is 2.55. The molecule has 2 heterocycles. The van der Waals surface area contributed by atoms with Crippen LogP contribution in [0.4, 0.5) is 4.79 Å². The summed E-state index contributed by atoms with van der Waals surface area (Å²) in [5, 5.41) is 0. The van der Waals surface area contributed by atoms with Gasteiger partial charge in [0.1, 0.15) is 17.5 Å². The van der Waals surface area contributed by atoms with Gasteiger partial charge in [-0.05, 0) is 33.6 Å². The van der Waals surface area contributed by atoms with Gasteiger partial charge < -0.3 is 14.4 Å². The van der Waals surface area contributed by atoms with E-state index in [9.17, 15) is 4.79 Å². The van der Waals surface area contributed by atoms with Crippen LogP contribution in [0.25, 0.3) is 0 Å². The van der Waals surface area contributed by atoms with Crippen LogP contribution in [0.15, 0.2) is 54.9 Å². The number of likely N-dealkylation sites (tertiary alicyclic amines) is 1. The Morgan fingerprint density at radius 2 is 1.75 bits per heavy atom. The maximum atomic E-state index is 12.1. The first-order valence-electron chi connectivity index (χ1n) is 9.98. The molecule has 5 nitrogen and oxygen atoms in total. The summed E-state index contributed by atoms with van der Waals surface area (Å²) < 4.78 is 13.7. The Bertz CT molecular complexity index is 813. The number of rotatable bonds is 4. The second-order valence-corrected chi connectivity index (χ2v) is 9.18. The van der Waals surface area contributed by atoms with Gasteiger partial charge in [-0.2, -0.15) is 0 Å².